The van der Waals surface area contributed by atoms with Crippen LogP contribution in [0.5, 0.6) is 0 Å². The summed E-state index contributed by atoms with van der Waals surface area (Å²) in [5.74, 6) is -0.196. The van der Waals surface area contributed by atoms with E-state index in [1.807, 2.05) is 13.8 Å². The minimum absolute atomic E-state index is 0.00633. The highest BCUT2D eigenvalue weighted by Crippen LogP contribution is 2.23. The van der Waals surface area contributed by atoms with Crippen molar-refractivity contribution < 1.29 is 9.50 Å². The van der Waals surface area contributed by atoms with Crippen molar-refractivity contribution >= 4 is 11.4 Å². The van der Waals surface area contributed by atoms with Gasteiger partial charge in [0.2, 0.25) is 0 Å². The average molecular weight is 212 g/mol. The number of rotatable bonds is 4. The van der Waals surface area contributed by atoms with Gasteiger partial charge in [-0.3, -0.25) is 0 Å². The number of nitrogen functional groups attached to an aromatic ring is 1. The molecule has 0 saturated heterocycles. The van der Waals surface area contributed by atoms with Gasteiger partial charge in [-0.2, -0.15) is 0 Å². The summed E-state index contributed by atoms with van der Waals surface area (Å²) in [6, 6.07) is 4.48. The quantitative estimate of drug-likeness (QED) is 0.667. The molecule has 0 saturated carbocycles. The first-order valence-electron chi connectivity index (χ1n) is 4.97. The molecule has 1 rings (SSSR count). The molecule has 0 aliphatic rings. The molecule has 0 aliphatic carbocycles. The average Bonchev–Trinajstić information content (AvgIpc) is 2.19. The summed E-state index contributed by atoms with van der Waals surface area (Å²) >= 11 is 0. The second kappa shape index (κ2) is 4.98. The van der Waals surface area contributed by atoms with Crippen LogP contribution < -0.4 is 11.1 Å². The standard InChI is InChI=1S/C11H17FN2O/c1-7(2)10(6-15)14-9-5-3-4-8(12)11(9)13/h3-5,7,10,14-15H,6,13H2,1-2H3. The van der Waals surface area contributed by atoms with Crippen molar-refractivity contribution in [2.24, 2.45) is 5.92 Å². The Hall–Kier alpha value is -1.29. The van der Waals surface area contributed by atoms with Crippen LogP contribution in [-0.4, -0.2) is 17.8 Å². The molecule has 4 heteroatoms. The van der Waals surface area contributed by atoms with Crippen molar-refractivity contribution in [3.05, 3.63) is 24.0 Å². The van der Waals surface area contributed by atoms with Crippen molar-refractivity contribution in [1.82, 2.24) is 0 Å². The van der Waals surface area contributed by atoms with E-state index in [-0.39, 0.29) is 24.3 Å². The molecule has 0 aliphatic heterocycles. The summed E-state index contributed by atoms with van der Waals surface area (Å²) in [6.07, 6.45) is 0. The van der Waals surface area contributed by atoms with Gasteiger partial charge in [-0.05, 0) is 18.1 Å². The van der Waals surface area contributed by atoms with Crippen molar-refractivity contribution in [2.45, 2.75) is 19.9 Å². The number of hydrogen-bond acceptors (Lipinski definition) is 3. The van der Waals surface area contributed by atoms with Crippen LogP contribution in [0.25, 0.3) is 0 Å². The Morgan fingerprint density at radius 1 is 1.47 bits per heavy atom. The number of aliphatic hydroxyl groups is 1. The van der Waals surface area contributed by atoms with Gasteiger partial charge in [0.15, 0.2) is 0 Å². The molecule has 0 radical (unpaired) electrons. The maximum absolute atomic E-state index is 13.1. The maximum atomic E-state index is 13.1. The number of nitrogens with one attached hydrogen (secondary N) is 1. The van der Waals surface area contributed by atoms with E-state index in [0.717, 1.165) is 0 Å². The Morgan fingerprint density at radius 2 is 2.13 bits per heavy atom. The number of para-hydroxylation sites is 1. The number of nitrogens with two attached hydrogens (primary N) is 1. The molecule has 4 N–H and O–H groups in total. The lowest BCUT2D eigenvalue weighted by molar-refractivity contribution is 0.249. The molecule has 0 spiro atoms. The molecule has 1 aromatic rings. The van der Waals surface area contributed by atoms with Crippen molar-refractivity contribution in [1.29, 1.82) is 0 Å². The lowest BCUT2D eigenvalue weighted by Gasteiger charge is -2.22. The summed E-state index contributed by atoms with van der Waals surface area (Å²) < 4.78 is 13.1. The molecule has 15 heavy (non-hydrogen) atoms. The summed E-state index contributed by atoms with van der Waals surface area (Å²) in [6.45, 7) is 3.94. The first-order chi connectivity index (χ1) is 7.06. The molecular formula is C11H17FN2O. The third-order valence-corrected chi connectivity index (χ3v) is 2.40. The molecule has 0 aromatic heterocycles. The fraction of sp³-hybridized carbons (Fsp3) is 0.455. The van der Waals surface area contributed by atoms with Crippen LogP contribution in [0.15, 0.2) is 18.2 Å². The fourth-order valence-electron chi connectivity index (χ4n) is 1.29. The highest BCUT2D eigenvalue weighted by molar-refractivity contribution is 5.66. The molecule has 0 heterocycles. The molecule has 84 valence electrons. The van der Waals surface area contributed by atoms with Crippen LogP contribution in [0.4, 0.5) is 15.8 Å². The van der Waals surface area contributed by atoms with E-state index in [4.69, 9.17) is 10.8 Å². The van der Waals surface area contributed by atoms with Crippen molar-refractivity contribution in [3.8, 4) is 0 Å². The van der Waals surface area contributed by atoms with E-state index >= 15 is 0 Å². The van der Waals surface area contributed by atoms with Crippen LogP contribution in [0.2, 0.25) is 0 Å². The first kappa shape index (κ1) is 11.8. The topological polar surface area (TPSA) is 58.3 Å². The van der Waals surface area contributed by atoms with Gasteiger partial charge in [-0.25, -0.2) is 4.39 Å². The Bertz CT molecular complexity index is 328. The lowest BCUT2D eigenvalue weighted by atomic mass is 10.0. The molecule has 1 unspecified atom stereocenters. The molecule has 1 atom stereocenters. The number of benzene rings is 1. The zero-order valence-corrected chi connectivity index (χ0v) is 9.00. The first-order valence-corrected chi connectivity index (χ1v) is 4.97. The zero-order valence-electron chi connectivity index (χ0n) is 9.00. The SMILES string of the molecule is CC(C)C(CO)Nc1cccc(F)c1N. The number of aliphatic hydroxyl groups excluding tert-OH is 1. The Labute approximate surface area is 89.1 Å². The Morgan fingerprint density at radius 3 is 2.67 bits per heavy atom. The van der Waals surface area contributed by atoms with E-state index in [1.165, 1.54) is 6.07 Å². The van der Waals surface area contributed by atoms with Crippen LogP contribution in [-0.2, 0) is 0 Å². The van der Waals surface area contributed by atoms with E-state index in [2.05, 4.69) is 5.32 Å². The van der Waals surface area contributed by atoms with Crippen molar-refractivity contribution in [2.75, 3.05) is 17.7 Å². The number of halogens is 1. The van der Waals surface area contributed by atoms with Gasteiger partial charge in [0.1, 0.15) is 5.82 Å². The van der Waals surface area contributed by atoms with Crippen LogP contribution in [0, 0.1) is 11.7 Å². The molecule has 3 nitrogen and oxygen atoms in total. The van der Waals surface area contributed by atoms with Gasteiger partial charge < -0.3 is 16.2 Å². The summed E-state index contributed by atoms with van der Waals surface area (Å²) in [4.78, 5) is 0. The van der Waals surface area contributed by atoms with E-state index in [1.54, 1.807) is 12.1 Å². The fourth-order valence-corrected chi connectivity index (χ4v) is 1.29. The third kappa shape index (κ3) is 2.83. The van der Waals surface area contributed by atoms with Gasteiger partial charge >= 0.3 is 0 Å². The van der Waals surface area contributed by atoms with Gasteiger partial charge in [0.25, 0.3) is 0 Å². The normalized spacial score (nSPS) is 12.9. The van der Waals surface area contributed by atoms with Gasteiger partial charge in [-0.15, -0.1) is 0 Å². The second-order valence-electron chi connectivity index (χ2n) is 3.88. The monoisotopic (exact) mass is 212 g/mol. The zero-order chi connectivity index (χ0) is 11.4. The van der Waals surface area contributed by atoms with Gasteiger partial charge in [0.05, 0.1) is 24.0 Å². The van der Waals surface area contributed by atoms with E-state index < -0.39 is 5.82 Å². The summed E-state index contributed by atoms with van der Waals surface area (Å²) in [5, 5.41) is 12.1. The van der Waals surface area contributed by atoms with Gasteiger partial charge in [-0.1, -0.05) is 19.9 Å². The third-order valence-electron chi connectivity index (χ3n) is 2.40. The molecule has 0 amide bonds. The van der Waals surface area contributed by atoms with Gasteiger partial charge in [0, 0.05) is 0 Å². The Balaban J connectivity index is 2.84. The van der Waals surface area contributed by atoms with Crippen LogP contribution >= 0.6 is 0 Å². The predicted octanol–water partition coefficient (Wildman–Crippen LogP) is 1.84. The van der Waals surface area contributed by atoms with E-state index in [9.17, 15) is 4.39 Å². The van der Waals surface area contributed by atoms with Crippen LogP contribution in [0.3, 0.4) is 0 Å². The molecule has 0 bridgehead atoms. The molecule has 1 aromatic carbocycles. The summed E-state index contributed by atoms with van der Waals surface area (Å²) in [7, 11) is 0. The predicted molar refractivity (Wildman–Crippen MR) is 60.1 cm³/mol. The molecular weight excluding hydrogens is 195 g/mol. The van der Waals surface area contributed by atoms with Crippen molar-refractivity contribution in [3.63, 3.8) is 0 Å². The minimum Gasteiger partial charge on any atom is -0.395 e. The number of anilines is 2. The summed E-state index contributed by atoms with van der Waals surface area (Å²) in [5.41, 5.74) is 6.19. The molecule has 0 fully saturated rings. The largest absolute Gasteiger partial charge is 0.395 e. The highest BCUT2D eigenvalue weighted by Gasteiger charge is 2.13. The smallest absolute Gasteiger partial charge is 0.148 e. The minimum atomic E-state index is -0.444. The Kier molecular flexibility index (Phi) is 3.91. The number of hydrogen-bond donors (Lipinski definition) is 3. The second-order valence-corrected chi connectivity index (χ2v) is 3.88. The lowest BCUT2D eigenvalue weighted by Crippen LogP contribution is -2.29. The van der Waals surface area contributed by atoms with E-state index in [0.29, 0.717) is 5.69 Å². The van der Waals surface area contributed by atoms with Crippen LogP contribution in [0.1, 0.15) is 13.8 Å². The maximum Gasteiger partial charge on any atom is 0.148 e. The highest BCUT2D eigenvalue weighted by atomic mass is 19.1.